The fourth-order valence-corrected chi connectivity index (χ4v) is 4.71. The second-order valence-electron chi connectivity index (χ2n) is 9.33. The summed E-state index contributed by atoms with van der Waals surface area (Å²) >= 11 is 5.97. The average molecular weight is 502 g/mol. The molecule has 1 amide bonds. The van der Waals surface area contributed by atoms with Crippen LogP contribution in [0.25, 0.3) is 11.3 Å². The van der Waals surface area contributed by atoms with Crippen LogP contribution in [0.1, 0.15) is 47.1 Å². The van der Waals surface area contributed by atoms with Crippen LogP contribution in [-0.4, -0.2) is 34.7 Å². The number of halogens is 1. The van der Waals surface area contributed by atoms with Crippen molar-refractivity contribution in [1.82, 2.24) is 15.1 Å². The molecule has 0 bridgehead atoms. The van der Waals surface area contributed by atoms with Gasteiger partial charge in [-0.15, -0.1) is 0 Å². The van der Waals surface area contributed by atoms with Crippen LogP contribution in [0.3, 0.4) is 0 Å². The molecule has 2 heterocycles. The maximum Gasteiger partial charge on any atom is 0.273 e. The van der Waals surface area contributed by atoms with E-state index in [1.807, 2.05) is 77.7 Å². The minimum atomic E-state index is -0.240. The summed E-state index contributed by atoms with van der Waals surface area (Å²) in [5, 5.41) is 8.26. The summed E-state index contributed by atoms with van der Waals surface area (Å²) in [5.74, 6) is 1.82. The first kappa shape index (κ1) is 23.9. The lowest BCUT2D eigenvalue weighted by Gasteiger charge is -2.28. The van der Waals surface area contributed by atoms with Gasteiger partial charge in [-0.2, -0.15) is 5.10 Å². The smallest absolute Gasteiger partial charge is 0.273 e. The number of hydrogen-bond donors (Lipinski definition) is 1. The largest absolute Gasteiger partial charge is 0.497 e. The molecule has 5 rings (SSSR count). The van der Waals surface area contributed by atoms with E-state index in [0.29, 0.717) is 29.8 Å². The third-order valence-electron chi connectivity index (χ3n) is 6.30. The normalized spacial score (nSPS) is 14.9. The topological polar surface area (TPSA) is 67.5 Å². The van der Waals surface area contributed by atoms with Gasteiger partial charge < -0.3 is 14.4 Å². The first-order valence-corrected chi connectivity index (χ1v) is 12.3. The van der Waals surface area contributed by atoms with Crippen molar-refractivity contribution >= 4 is 17.5 Å². The Labute approximate surface area is 215 Å². The molecule has 0 saturated heterocycles. The number of carbonyl (C=O) groups is 1. The summed E-state index contributed by atoms with van der Waals surface area (Å²) in [4.78, 5) is 15.3. The number of rotatable bonds is 8. The Morgan fingerprint density at radius 2 is 1.64 bits per heavy atom. The van der Waals surface area contributed by atoms with E-state index >= 15 is 0 Å². The van der Waals surface area contributed by atoms with Gasteiger partial charge in [0.05, 0.1) is 18.8 Å². The molecule has 6 nitrogen and oxygen atoms in total. The SMILES string of the molecule is COc1ccc(-c2n[nH]c3c2C(c2ccc(OCc4ccc(Cl)cc4)cc2)N(CC(C)C)C3=O)cc1. The van der Waals surface area contributed by atoms with E-state index in [4.69, 9.17) is 21.1 Å². The monoisotopic (exact) mass is 501 g/mol. The van der Waals surface area contributed by atoms with Gasteiger partial charge in [-0.25, -0.2) is 0 Å². The Balaban J connectivity index is 1.46. The van der Waals surface area contributed by atoms with Gasteiger partial charge in [-0.05, 0) is 65.6 Å². The number of fused-ring (bicyclic) bond motifs is 1. The van der Waals surface area contributed by atoms with E-state index < -0.39 is 0 Å². The molecule has 1 aromatic heterocycles. The summed E-state index contributed by atoms with van der Waals surface area (Å²) < 4.78 is 11.3. The molecular formula is C29H28ClN3O3. The van der Waals surface area contributed by atoms with Crippen molar-refractivity contribution in [3.05, 3.63) is 100 Å². The highest BCUT2D eigenvalue weighted by molar-refractivity contribution is 6.30. The molecule has 0 radical (unpaired) electrons. The molecule has 1 N–H and O–H groups in total. The number of ether oxygens (including phenoxy) is 2. The number of aromatic nitrogens is 2. The zero-order chi connectivity index (χ0) is 25.2. The van der Waals surface area contributed by atoms with Crippen LogP contribution < -0.4 is 9.47 Å². The molecule has 184 valence electrons. The highest BCUT2D eigenvalue weighted by atomic mass is 35.5. The minimum absolute atomic E-state index is 0.0287. The Kier molecular flexibility index (Phi) is 6.70. The number of methoxy groups -OCH3 is 1. The highest BCUT2D eigenvalue weighted by Gasteiger charge is 2.42. The van der Waals surface area contributed by atoms with E-state index in [2.05, 4.69) is 24.0 Å². The van der Waals surface area contributed by atoms with Crippen molar-refractivity contribution < 1.29 is 14.3 Å². The number of amides is 1. The van der Waals surface area contributed by atoms with Crippen LogP contribution in [0.5, 0.6) is 11.5 Å². The Morgan fingerprint density at radius 3 is 2.28 bits per heavy atom. The van der Waals surface area contributed by atoms with Crippen molar-refractivity contribution in [2.75, 3.05) is 13.7 Å². The van der Waals surface area contributed by atoms with Crippen LogP contribution in [0.15, 0.2) is 72.8 Å². The maximum absolute atomic E-state index is 13.4. The van der Waals surface area contributed by atoms with Crippen molar-refractivity contribution in [3.8, 4) is 22.8 Å². The van der Waals surface area contributed by atoms with Gasteiger partial charge in [0.15, 0.2) is 0 Å². The zero-order valence-corrected chi connectivity index (χ0v) is 21.3. The van der Waals surface area contributed by atoms with Crippen molar-refractivity contribution in [1.29, 1.82) is 0 Å². The third kappa shape index (κ3) is 4.69. The van der Waals surface area contributed by atoms with Gasteiger partial charge >= 0.3 is 0 Å². The summed E-state index contributed by atoms with van der Waals surface area (Å²) in [5.41, 5.74) is 5.22. The summed E-state index contributed by atoms with van der Waals surface area (Å²) in [6, 6.07) is 23.1. The average Bonchev–Trinajstić information content (AvgIpc) is 3.43. The van der Waals surface area contributed by atoms with Gasteiger partial charge in [0.2, 0.25) is 0 Å². The predicted octanol–water partition coefficient (Wildman–Crippen LogP) is 6.52. The molecule has 0 spiro atoms. The van der Waals surface area contributed by atoms with Crippen molar-refractivity contribution in [3.63, 3.8) is 0 Å². The van der Waals surface area contributed by atoms with Crippen LogP contribution in [0, 0.1) is 5.92 Å². The fraction of sp³-hybridized carbons (Fsp3) is 0.241. The van der Waals surface area contributed by atoms with Gasteiger partial charge in [0.25, 0.3) is 5.91 Å². The third-order valence-corrected chi connectivity index (χ3v) is 6.56. The van der Waals surface area contributed by atoms with Crippen molar-refractivity contribution in [2.45, 2.75) is 26.5 Å². The second-order valence-corrected chi connectivity index (χ2v) is 9.76. The Hall–Kier alpha value is -3.77. The Morgan fingerprint density at radius 1 is 0.972 bits per heavy atom. The molecule has 1 aliphatic rings. The molecule has 0 fully saturated rings. The molecule has 0 saturated carbocycles. The number of hydrogen-bond acceptors (Lipinski definition) is 4. The maximum atomic E-state index is 13.4. The molecule has 36 heavy (non-hydrogen) atoms. The van der Waals surface area contributed by atoms with E-state index in [1.54, 1.807) is 7.11 Å². The van der Waals surface area contributed by atoms with Gasteiger partial charge in [-0.1, -0.05) is 49.7 Å². The second kappa shape index (κ2) is 10.1. The summed E-state index contributed by atoms with van der Waals surface area (Å²) in [7, 11) is 1.64. The molecule has 1 aliphatic heterocycles. The number of nitrogens with zero attached hydrogens (tertiary/aromatic N) is 2. The van der Waals surface area contributed by atoms with Crippen LogP contribution in [0.4, 0.5) is 0 Å². The van der Waals surface area contributed by atoms with Crippen LogP contribution >= 0.6 is 11.6 Å². The number of nitrogens with one attached hydrogen (secondary N) is 1. The number of H-pyrrole nitrogens is 1. The van der Waals surface area contributed by atoms with Gasteiger partial charge in [0.1, 0.15) is 23.8 Å². The molecule has 1 unspecified atom stereocenters. The number of benzene rings is 3. The predicted molar refractivity (Wildman–Crippen MR) is 141 cm³/mol. The lowest BCUT2D eigenvalue weighted by atomic mass is 9.95. The van der Waals surface area contributed by atoms with Crippen LogP contribution in [0.2, 0.25) is 5.02 Å². The lowest BCUT2D eigenvalue weighted by Crippen LogP contribution is -2.32. The minimum Gasteiger partial charge on any atom is -0.497 e. The molecule has 7 heteroatoms. The van der Waals surface area contributed by atoms with E-state index in [0.717, 1.165) is 39.4 Å². The first-order chi connectivity index (χ1) is 17.4. The highest BCUT2D eigenvalue weighted by Crippen LogP contribution is 2.43. The molecule has 0 aliphatic carbocycles. The standard InChI is InChI=1S/C29H28ClN3O3/c1-18(2)16-33-28(21-8-14-24(15-9-21)36-17-19-4-10-22(30)11-5-19)25-26(31-32-27(25)29(33)34)20-6-12-23(35-3)13-7-20/h4-15,18,28H,16-17H2,1-3H3,(H,31,32). The quantitative estimate of drug-likeness (QED) is 0.298. The van der Waals surface area contributed by atoms with Gasteiger partial charge in [0, 0.05) is 22.7 Å². The molecule has 4 aromatic rings. The van der Waals surface area contributed by atoms with E-state index in [1.165, 1.54) is 0 Å². The first-order valence-electron chi connectivity index (χ1n) is 12.0. The molecule has 3 aromatic carbocycles. The van der Waals surface area contributed by atoms with E-state index in [-0.39, 0.29) is 11.9 Å². The zero-order valence-electron chi connectivity index (χ0n) is 20.5. The number of aromatic amines is 1. The Bertz CT molecular complexity index is 1350. The van der Waals surface area contributed by atoms with Crippen molar-refractivity contribution in [2.24, 2.45) is 5.92 Å². The summed E-state index contributed by atoms with van der Waals surface area (Å²) in [6.07, 6.45) is 0. The summed E-state index contributed by atoms with van der Waals surface area (Å²) in [6.45, 7) is 5.33. The molecule has 1 atom stereocenters. The number of carbonyl (C=O) groups excluding carboxylic acids is 1. The van der Waals surface area contributed by atoms with Crippen LogP contribution in [-0.2, 0) is 6.61 Å². The fourth-order valence-electron chi connectivity index (χ4n) is 4.59. The molecular weight excluding hydrogens is 474 g/mol. The van der Waals surface area contributed by atoms with Gasteiger partial charge in [-0.3, -0.25) is 9.89 Å². The lowest BCUT2D eigenvalue weighted by molar-refractivity contribution is 0.0722. The van der Waals surface area contributed by atoms with E-state index in [9.17, 15) is 4.79 Å².